The number of ether oxygens (including phenoxy) is 2. The lowest BCUT2D eigenvalue weighted by atomic mass is 10.0. The van der Waals surface area contributed by atoms with Crippen LogP contribution in [0.3, 0.4) is 0 Å². The van der Waals surface area contributed by atoms with Crippen molar-refractivity contribution in [3.63, 3.8) is 0 Å². The molecule has 0 aliphatic carbocycles. The third-order valence-electron chi connectivity index (χ3n) is 11.7. The lowest BCUT2D eigenvalue weighted by Gasteiger charge is -2.24. The van der Waals surface area contributed by atoms with E-state index in [0.717, 1.165) is 57.8 Å². The van der Waals surface area contributed by atoms with Crippen LogP contribution in [0, 0.1) is 0 Å². The van der Waals surface area contributed by atoms with Crippen molar-refractivity contribution >= 4 is 13.8 Å². The van der Waals surface area contributed by atoms with E-state index in [2.05, 4.69) is 50.3 Å². The van der Waals surface area contributed by atoms with E-state index in [1.807, 2.05) is 21.1 Å². The molecular formula is C54H105NO7P+. The molecule has 0 aliphatic heterocycles. The number of carbonyl (C=O) groups is 1. The summed E-state index contributed by atoms with van der Waals surface area (Å²) in [5.74, 6) is -0.322. The molecule has 0 saturated carbocycles. The van der Waals surface area contributed by atoms with Gasteiger partial charge in [0.05, 0.1) is 34.4 Å². The zero-order chi connectivity index (χ0) is 46.2. The molecule has 372 valence electrons. The lowest BCUT2D eigenvalue weighted by Crippen LogP contribution is -2.37. The number of hydrogen-bond acceptors (Lipinski definition) is 6. The number of unbranched alkanes of at least 4 members (excludes halogenated alkanes) is 30. The number of esters is 1. The van der Waals surface area contributed by atoms with E-state index < -0.39 is 13.9 Å². The zero-order valence-corrected chi connectivity index (χ0v) is 43.2. The number of phosphoric acid groups is 1. The summed E-state index contributed by atoms with van der Waals surface area (Å²) in [6, 6.07) is 0. The van der Waals surface area contributed by atoms with Gasteiger partial charge in [0.25, 0.3) is 0 Å². The molecule has 0 aromatic rings. The highest BCUT2D eigenvalue weighted by atomic mass is 31.2. The van der Waals surface area contributed by atoms with Gasteiger partial charge in [-0.15, -0.1) is 0 Å². The Morgan fingerprint density at radius 2 is 0.873 bits per heavy atom. The number of likely N-dealkylation sites (N-methyl/N-ethyl adjacent to an activating group) is 1. The molecule has 2 atom stereocenters. The summed E-state index contributed by atoms with van der Waals surface area (Å²) in [6.07, 6.45) is 57.6. The summed E-state index contributed by atoms with van der Waals surface area (Å²) in [5, 5.41) is 0. The molecule has 0 fully saturated rings. The molecule has 0 aromatic heterocycles. The molecule has 0 heterocycles. The third kappa shape index (κ3) is 51.6. The second kappa shape index (κ2) is 47.2. The summed E-state index contributed by atoms with van der Waals surface area (Å²) in [6.45, 7) is 5.62. The van der Waals surface area contributed by atoms with Gasteiger partial charge >= 0.3 is 13.8 Å². The largest absolute Gasteiger partial charge is 0.472 e. The highest BCUT2D eigenvalue weighted by Crippen LogP contribution is 2.43. The van der Waals surface area contributed by atoms with Gasteiger partial charge in [-0.25, -0.2) is 4.57 Å². The van der Waals surface area contributed by atoms with Gasteiger partial charge in [0.2, 0.25) is 0 Å². The Hall–Kier alpha value is -1.28. The normalized spacial score (nSPS) is 13.8. The predicted octanol–water partition coefficient (Wildman–Crippen LogP) is 16.5. The number of rotatable bonds is 50. The average molecular weight is 911 g/mol. The summed E-state index contributed by atoms with van der Waals surface area (Å²) in [7, 11) is 1.67. The maximum atomic E-state index is 12.8. The molecule has 0 spiro atoms. The minimum atomic E-state index is -4.28. The molecule has 0 amide bonds. The molecule has 0 radical (unpaired) electrons. The van der Waals surface area contributed by atoms with Crippen molar-refractivity contribution in [1.29, 1.82) is 0 Å². The molecule has 0 saturated heterocycles. The Balaban J connectivity index is 4.11. The quantitative estimate of drug-likeness (QED) is 0.0214. The Bertz CT molecular complexity index is 1100. The molecule has 0 bridgehead atoms. The minimum Gasteiger partial charge on any atom is -0.457 e. The first-order valence-electron chi connectivity index (χ1n) is 26.7. The van der Waals surface area contributed by atoms with Gasteiger partial charge in [0, 0.05) is 13.0 Å². The molecular weight excluding hydrogens is 806 g/mol. The molecule has 0 rings (SSSR count). The van der Waals surface area contributed by atoms with Crippen molar-refractivity contribution in [2.45, 2.75) is 251 Å². The molecule has 9 heteroatoms. The van der Waals surface area contributed by atoms with E-state index in [4.69, 9.17) is 18.5 Å². The van der Waals surface area contributed by atoms with Crippen molar-refractivity contribution in [2.75, 3.05) is 54.1 Å². The summed E-state index contributed by atoms with van der Waals surface area (Å²) in [5.41, 5.74) is 0. The lowest BCUT2D eigenvalue weighted by molar-refractivity contribution is -0.870. The van der Waals surface area contributed by atoms with Gasteiger partial charge in [0.1, 0.15) is 19.3 Å². The Morgan fingerprint density at radius 1 is 0.492 bits per heavy atom. The van der Waals surface area contributed by atoms with Crippen LogP contribution in [0.25, 0.3) is 0 Å². The highest BCUT2D eigenvalue weighted by molar-refractivity contribution is 7.47. The second-order valence-corrected chi connectivity index (χ2v) is 20.7. The van der Waals surface area contributed by atoms with Gasteiger partial charge in [-0.2, -0.15) is 0 Å². The SMILES string of the molecule is CCCCC/C=C\C/C=C\C/C=C\CCCCCCCCC(=O)OC(COCCCCCCCCCCCCCCCCCCCCCCCC)COP(=O)(O)OCC[N+](C)(C)C. The number of nitrogens with zero attached hydrogens (tertiary/aromatic N) is 1. The first-order valence-corrected chi connectivity index (χ1v) is 28.2. The first-order chi connectivity index (χ1) is 30.6. The van der Waals surface area contributed by atoms with E-state index in [-0.39, 0.29) is 25.8 Å². The smallest absolute Gasteiger partial charge is 0.457 e. The number of carbonyl (C=O) groups excluding carboxylic acids is 1. The van der Waals surface area contributed by atoms with Crippen LogP contribution in [0.2, 0.25) is 0 Å². The van der Waals surface area contributed by atoms with Crippen LogP contribution in [0.5, 0.6) is 0 Å². The number of allylic oxidation sites excluding steroid dienone is 6. The van der Waals surface area contributed by atoms with E-state index >= 15 is 0 Å². The van der Waals surface area contributed by atoms with Crippen LogP contribution in [-0.4, -0.2) is 75.6 Å². The average Bonchev–Trinajstić information content (AvgIpc) is 3.24. The Labute approximate surface area is 391 Å². The third-order valence-corrected chi connectivity index (χ3v) is 12.7. The highest BCUT2D eigenvalue weighted by Gasteiger charge is 2.26. The molecule has 63 heavy (non-hydrogen) atoms. The van der Waals surface area contributed by atoms with Crippen molar-refractivity contribution in [2.24, 2.45) is 0 Å². The van der Waals surface area contributed by atoms with Crippen LogP contribution in [0.1, 0.15) is 245 Å². The van der Waals surface area contributed by atoms with Crippen LogP contribution < -0.4 is 0 Å². The van der Waals surface area contributed by atoms with Crippen LogP contribution in [0.15, 0.2) is 36.5 Å². The maximum Gasteiger partial charge on any atom is 0.472 e. The summed E-state index contributed by atoms with van der Waals surface area (Å²) in [4.78, 5) is 23.0. The summed E-state index contributed by atoms with van der Waals surface area (Å²) >= 11 is 0. The maximum absolute atomic E-state index is 12.8. The fourth-order valence-corrected chi connectivity index (χ4v) is 8.30. The van der Waals surface area contributed by atoms with E-state index in [9.17, 15) is 14.3 Å². The van der Waals surface area contributed by atoms with E-state index in [1.165, 1.54) is 167 Å². The topological polar surface area (TPSA) is 91.3 Å². The van der Waals surface area contributed by atoms with E-state index in [0.29, 0.717) is 24.1 Å². The molecule has 0 aliphatic rings. The monoisotopic (exact) mass is 911 g/mol. The molecule has 2 unspecified atom stereocenters. The number of hydrogen-bond donors (Lipinski definition) is 1. The van der Waals surface area contributed by atoms with Gasteiger partial charge < -0.3 is 18.9 Å². The van der Waals surface area contributed by atoms with Crippen molar-refractivity contribution in [3.8, 4) is 0 Å². The van der Waals surface area contributed by atoms with Crippen LogP contribution >= 0.6 is 7.82 Å². The van der Waals surface area contributed by atoms with Gasteiger partial charge in [0.15, 0.2) is 0 Å². The van der Waals surface area contributed by atoms with E-state index in [1.54, 1.807) is 0 Å². The van der Waals surface area contributed by atoms with Crippen molar-refractivity contribution in [3.05, 3.63) is 36.5 Å². The summed E-state index contributed by atoms with van der Waals surface area (Å²) < 4.78 is 35.2. The van der Waals surface area contributed by atoms with Crippen molar-refractivity contribution < 1.29 is 37.3 Å². The Kier molecular flexibility index (Phi) is 46.3. The molecule has 8 nitrogen and oxygen atoms in total. The standard InChI is InChI=1S/C54H104NO7P/c1-6-8-10-12-14-16-18-20-22-24-26-27-28-30-32-34-36-38-40-42-44-46-49-59-51-53(52-61-63(57,58)60-50-48-55(3,4)5)62-54(56)47-45-43-41-39-37-35-33-31-29-25-23-21-19-17-15-13-11-9-7-2/h15,17,21,23,29,31,53H,6-14,16,18-20,22,24-28,30,32-52H2,1-5H3/p+1/b17-15-,23-21-,31-29-. The molecule has 1 N–H and O–H groups in total. The predicted molar refractivity (Wildman–Crippen MR) is 270 cm³/mol. The minimum absolute atomic E-state index is 0.0869. The second-order valence-electron chi connectivity index (χ2n) is 19.3. The van der Waals surface area contributed by atoms with Gasteiger partial charge in [-0.05, 0) is 51.4 Å². The van der Waals surface area contributed by atoms with Crippen LogP contribution in [-0.2, 0) is 27.9 Å². The number of phosphoric ester groups is 1. The Morgan fingerprint density at radius 3 is 1.33 bits per heavy atom. The van der Waals surface area contributed by atoms with Crippen LogP contribution in [0.4, 0.5) is 0 Å². The zero-order valence-electron chi connectivity index (χ0n) is 42.3. The van der Waals surface area contributed by atoms with Crippen molar-refractivity contribution in [1.82, 2.24) is 0 Å². The fourth-order valence-electron chi connectivity index (χ4n) is 7.56. The van der Waals surface area contributed by atoms with Gasteiger partial charge in [-0.3, -0.25) is 13.8 Å². The fraction of sp³-hybridized carbons (Fsp3) is 0.870. The van der Waals surface area contributed by atoms with Gasteiger partial charge in [-0.1, -0.05) is 224 Å². The first kappa shape index (κ1) is 61.7. The number of quaternary nitrogens is 1. The molecule has 0 aromatic carbocycles.